The van der Waals surface area contributed by atoms with E-state index in [-0.39, 0.29) is 35.1 Å². The number of hydrogen-bond acceptors (Lipinski definition) is 4. The van der Waals surface area contributed by atoms with Gasteiger partial charge >= 0.3 is 0 Å². The molecule has 0 saturated heterocycles. The molecule has 0 aliphatic heterocycles. The average Bonchev–Trinajstić information content (AvgIpc) is 2.64. The van der Waals surface area contributed by atoms with E-state index in [0.717, 1.165) is 4.90 Å². The van der Waals surface area contributed by atoms with Gasteiger partial charge in [-0.2, -0.15) is 0 Å². The van der Waals surface area contributed by atoms with Gasteiger partial charge in [0.2, 0.25) is 0 Å². The van der Waals surface area contributed by atoms with Crippen LogP contribution in [-0.4, -0.2) is 39.6 Å². The zero-order chi connectivity index (χ0) is 21.0. The number of amides is 2. The standard InChI is InChI=1S/C21H27N3O3S/c1-13(2)24(14(3)4)20(26)15-11-17(21(27)23(5)12-15)22-19(25)16-9-7-8-10-18(16)28-6/h7-14H,1-6H3,(H,22,25). The Morgan fingerprint density at radius 1 is 1.11 bits per heavy atom. The molecule has 0 fully saturated rings. The Morgan fingerprint density at radius 3 is 2.29 bits per heavy atom. The minimum Gasteiger partial charge on any atom is -0.334 e. The molecule has 2 amide bonds. The molecular weight excluding hydrogens is 374 g/mol. The second kappa shape index (κ2) is 9.10. The highest BCUT2D eigenvalue weighted by atomic mass is 32.2. The van der Waals surface area contributed by atoms with E-state index < -0.39 is 0 Å². The van der Waals surface area contributed by atoms with E-state index in [4.69, 9.17) is 0 Å². The van der Waals surface area contributed by atoms with E-state index in [9.17, 15) is 14.4 Å². The number of aryl methyl sites for hydroxylation is 1. The van der Waals surface area contributed by atoms with Crippen LogP contribution < -0.4 is 10.9 Å². The Kier molecular flexibility index (Phi) is 7.07. The van der Waals surface area contributed by atoms with Gasteiger partial charge in [-0.25, -0.2) is 0 Å². The van der Waals surface area contributed by atoms with E-state index in [2.05, 4.69) is 5.32 Å². The van der Waals surface area contributed by atoms with Crippen LogP contribution in [0.4, 0.5) is 5.69 Å². The lowest BCUT2D eigenvalue weighted by atomic mass is 10.1. The number of carbonyl (C=O) groups excluding carboxylic acids is 2. The molecule has 28 heavy (non-hydrogen) atoms. The molecule has 2 aromatic rings. The maximum Gasteiger partial charge on any atom is 0.274 e. The van der Waals surface area contributed by atoms with Gasteiger partial charge in [0.15, 0.2) is 0 Å². The first-order valence-corrected chi connectivity index (χ1v) is 10.4. The molecule has 6 nitrogen and oxygen atoms in total. The van der Waals surface area contributed by atoms with E-state index in [1.165, 1.54) is 28.6 Å². The van der Waals surface area contributed by atoms with Gasteiger partial charge in [-0.3, -0.25) is 14.4 Å². The number of nitrogens with zero attached hydrogens (tertiary/aromatic N) is 2. The number of hydrogen-bond donors (Lipinski definition) is 1. The highest BCUT2D eigenvalue weighted by molar-refractivity contribution is 7.98. The molecule has 7 heteroatoms. The van der Waals surface area contributed by atoms with Crippen LogP contribution in [-0.2, 0) is 7.05 Å². The minimum atomic E-state index is -0.378. The summed E-state index contributed by atoms with van der Waals surface area (Å²) in [5.74, 6) is -0.558. The van der Waals surface area contributed by atoms with Gasteiger partial charge < -0.3 is 14.8 Å². The predicted molar refractivity (Wildman–Crippen MR) is 114 cm³/mol. The van der Waals surface area contributed by atoms with Crippen molar-refractivity contribution in [3.63, 3.8) is 0 Å². The molecule has 1 N–H and O–H groups in total. The molecule has 0 unspecified atom stereocenters. The number of carbonyl (C=O) groups is 2. The zero-order valence-electron chi connectivity index (χ0n) is 17.1. The Labute approximate surface area is 169 Å². The van der Waals surface area contributed by atoms with Crippen LogP contribution in [0.2, 0.25) is 0 Å². The Morgan fingerprint density at radius 2 is 1.71 bits per heavy atom. The summed E-state index contributed by atoms with van der Waals surface area (Å²) in [7, 11) is 1.57. The lowest BCUT2D eigenvalue weighted by Crippen LogP contribution is -2.42. The summed E-state index contributed by atoms with van der Waals surface area (Å²) in [6, 6.07) is 8.67. The lowest BCUT2D eigenvalue weighted by Gasteiger charge is -2.31. The molecule has 0 atom stereocenters. The van der Waals surface area contributed by atoms with E-state index in [1.807, 2.05) is 46.1 Å². The second-order valence-corrected chi connectivity index (χ2v) is 7.96. The molecule has 0 bridgehead atoms. The van der Waals surface area contributed by atoms with Gasteiger partial charge in [0.05, 0.1) is 11.1 Å². The molecule has 1 aromatic carbocycles. The van der Waals surface area contributed by atoms with Gasteiger partial charge in [-0.1, -0.05) is 12.1 Å². The normalized spacial score (nSPS) is 11.0. The van der Waals surface area contributed by atoms with Crippen LogP contribution in [0.15, 0.2) is 46.2 Å². The molecule has 0 radical (unpaired) electrons. The van der Waals surface area contributed by atoms with Crippen LogP contribution in [0.25, 0.3) is 0 Å². The fraction of sp³-hybridized carbons (Fsp3) is 0.381. The number of nitrogens with one attached hydrogen (secondary N) is 1. The first-order valence-electron chi connectivity index (χ1n) is 9.15. The average molecular weight is 402 g/mol. The summed E-state index contributed by atoms with van der Waals surface area (Å²) in [4.78, 5) is 40.8. The van der Waals surface area contributed by atoms with Gasteiger partial charge in [0, 0.05) is 30.2 Å². The molecule has 0 saturated carbocycles. The molecule has 0 spiro atoms. The Bertz CT molecular complexity index is 927. The van der Waals surface area contributed by atoms with Crippen LogP contribution >= 0.6 is 11.8 Å². The third-order valence-electron chi connectivity index (χ3n) is 4.38. The predicted octanol–water partition coefficient (Wildman–Crippen LogP) is 3.62. The fourth-order valence-electron chi connectivity index (χ4n) is 3.15. The number of pyridine rings is 1. The van der Waals surface area contributed by atoms with Crippen LogP contribution in [0.1, 0.15) is 48.4 Å². The number of thioether (sulfide) groups is 1. The van der Waals surface area contributed by atoms with Crippen molar-refractivity contribution in [2.24, 2.45) is 7.05 Å². The summed E-state index contributed by atoms with van der Waals surface area (Å²) in [6.07, 6.45) is 3.39. The van der Waals surface area contributed by atoms with Crippen molar-refractivity contribution in [2.45, 2.75) is 44.7 Å². The first kappa shape index (κ1) is 21.8. The molecule has 0 aliphatic carbocycles. The van der Waals surface area contributed by atoms with Crippen molar-refractivity contribution < 1.29 is 9.59 Å². The minimum absolute atomic E-state index is 0.0104. The molecule has 1 aromatic heterocycles. The van der Waals surface area contributed by atoms with Gasteiger partial charge in [0.25, 0.3) is 17.4 Å². The third kappa shape index (κ3) is 4.65. The number of rotatable bonds is 6. The molecule has 0 aliphatic rings. The molecule has 2 rings (SSSR count). The highest BCUT2D eigenvalue weighted by Gasteiger charge is 2.23. The van der Waals surface area contributed by atoms with E-state index in [1.54, 1.807) is 24.1 Å². The summed E-state index contributed by atoms with van der Waals surface area (Å²) >= 11 is 1.46. The molecule has 150 valence electrons. The van der Waals surface area contributed by atoms with Crippen LogP contribution in [0.3, 0.4) is 0 Å². The Balaban J connectivity index is 2.42. The largest absolute Gasteiger partial charge is 0.334 e. The van der Waals surface area contributed by atoms with Crippen molar-refractivity contribution in [2.75, 3.05) is 11.6 Å². The SMILES string of the molecule is CSc1ccccc1C(=O)Nc1cc(C(=O)N(C(C)C)C(C)C)cn(C)c1=O. The van der Waals surface area contributed by atoms with Gasteiger partial charge in [-0.05, 0) is 52.1 Å². The topological polar surface area (TPSA) is 71.4 Å². The monoisotopic (exact) mass is 401 g/mol. The fourth-order valence-corrected chi connectivity index (χ4v) is 3.75. The summed E-state index contributed by atoms with van der Waals surface area (Å²) < 4.78 is 1.32. The van der Waals surface area contributed by atoms with E-state index >= 15 is 0 Å². The summed E-state index contributed by atoms with van der Waals surface area (Å²) in [6.45, 7) is 7.79. The van der Waals surface area contributed by atoms with Crippen LogP contribution in [0, 0.1) is 0 Å². The summed E-state index contributed by atoms with van der Waals surface area (Å²) in [5, 5.41) is 2.68. The smallest absolute Gasteiger partial charge is 0.274 e. The van der Waals surface area contributed by atoms with Crippen molar-refractivity contribution in [1.29, 1.82) is 0 Å². The number of benzene rings is 1. The molecular formula is C21H27N3O3S. The van der Waals surface area contributed by atoms with Crippen molar-refractivity contribution >= 4 is 29.3 Å². The number of anilines is 1. The zero-order valence-corrected chi connectivity index (χ0v) is 18.0. The van der Waals surface area contributed by atoms with Crippen LogP contribution in [0.5, 0.6) is 0 Å². The first-order chi connectivity index (χ1) is 13.2. The Hall–Kier alpha value is -2.54. The van der Waals surface area contributed by atoms with Crippen molar-refractivity contribution in [1.82, 2.24) is 9.47 Å². The summed E-state index contributed by atoms with van der Waals surface area (Å²) in [5.41, 5.74) is 0.562. The van der Waals surface area contributed by atoms with Crippen molar-refractivity contribution in [3.8, 4) is 0 Å². The molecule has 1 heterocycles. The maximum atomic E-state index is 13.0. The van der Waals surface area contributed by atoms with Gasteiger partial charge in [0.1, 0.15) is 5.69 Å². The van der Waals surface area contributed by atoms with Crippen molar-refractivity contribution in [3.05, 3.63) is 58.0 Å². The van der Waals surface area contributed by atoms with E-state index in [0.29, 0.717) is 11.1 Å². The third-order valence-corrected chi connectivity index (χ3v) is 5.17. The maximum absolute atomic E-state index is 13.0. The van der Waals surface area contributed by atoms with Gasteiger partial charge in [-0.15, -0.1) is 11.8 Å². The highest BCUT2D eigenvalue weighted by Crippen LogP contribution is 2.21. The second-order valence-electron chi connectivity index (χ2n) is 7.11. The number of aromatic nitrogens is 1. The lowest BCUT2D eigenvalue weighted by molar-refractivity contribution is 0.0642. The quantitative estimate of drug-likeness (QED) is 0.751.